The molecule has 0 aliphatic carbocycles. The monoisotopic (exact) mass is 374 g/mol. The van der Waals surface area contributed by atoms with Gasteiger partial charge in [0.25, 0.3) is 0 Å². The van der Waals surface area contributed by atoms with Gasteiger partial charge in [0.15, 0.2) is 5.75 Å². The molecule has 82 valence electrons. The van der Waals surface area contributed by atoms with Gasteiger partial charge in [0.2, 0.25) is 0 Å². The summed E-state index contributed by atoms with van der Waals surface area (Å²) < 4.78 is 6.47. The number of rotatable bonds is 3. The van der Waals surface area contributed by atoms with E-state index in [0.29, 0.717) is 15.2 Å². The first-order valence-corrected chi connectivity index (χ1v) is 6.45. The van der Waals surface area contributed by atoms with Gasteiger partial charge in [-0.3, -0.25) is 4.79 Å². The molecule has 0 aliphatic heterocycles. The van der Waals surface area contributed by atoms with Gasteiger partial charge in [0.1, 0.15) is 0 Å². The first-order chi connectivity index (χ1) is 7.04. The zero-order valence-corrected chi connectivity index (χ0v) is 12.1. The molecule has 0 unspecified atom stereocenters. The molecule has 1 aromatic rings. The maximum Gasteiger partial charge on any atom is 0.312 e. The average Bonchev–Trinajstić information content (AvgIpc) is 2.11. The second kappa shape index (κ2) is 6.09. The minimum Gasteiger partial charge on any atom is -0.424 e. The van der Waals surface area contributed by atoms with Crippen LogP contribution in [0.5, 0.6) is 5.75 Å². The Bertz CT molecular complexity index is 359. The largest absolute Gasteiger partial charge is 0.424 e. The molecule has 0 fully saturated rings. The first kappa shape index (κ1) is 13.3. The lowest BCUT2D eigenvalue weighted by atomic mass is 10.3. The van der Waals surface area contributed by atoms with E-state index in [0.717, 1.165) is 4.47 Å². The normalized spacial score (nSPS) is 10.1. The molecule has 0 heterocycles. The summed E-state index contributed by atoms with van der Waals surface area (Å²) in [6.45, 7) is 0. The molecule has 0 radical (unpaired) electrons. The van der Waals surface area contributed by atoms with Crippen molar-refractivity contribution >= 4 is 61.0 Å². The third-order valence-corrected chi connectivity index (χ3v) is 2.99. The highest BCUT2D eigenvalue weighted by atomic mass is 79.9. The summed E-state index contributed by atoms with van der Waals surface area (Å²) in [4.78, 5) is 11.2. The van der Waals surface area contributed by atoms with E-state index >= 15 is 0 Å². The fourth-order valence-corrected chi connectivity index (χ4v) is 2.83. The van der Waals surface area contributed by atoms with E-state index in [1.807, 2.05) is 0 Å². The number of halogens is 4. The van der Waals surface area contributed by atoms with Crippen LogP contribution in [0.3, 0.4) is 0 Å². The zero-order valence-electron chi connectivity index (χ0n) is 7.40. The third-order valence-electron chi connectivity index (χ3n) is 1.48. The van der Waals surface area contributed by atoms with Gasteiger partial charge in [-0.05, 0) is 28.1 Å². The van der Waals surface area contributed by atoms with Gasteiger partial charge in [-0.1, -0.05) is 27.5 Å². The molecular weight excluding hydrogens is 371 g/mol. The predicted molar refractivity (Wildman–Crippen MR) is 67.8 cm³/mol. The number of alkyl halides is 1. The Morgan fingerprint density at radius 2 is 2.07 bits per heavy atom. The van der Waals surface area contributed by atoms with Gasteiger partial charge in [-0.25, -0.2) is 0 Å². The van der Waals surface area contributed by atoms with Crippen molar-refractivity contribution in [3.8, 4) is 5.75 Å². The van der Waals surface area contributed by atoms with Gasteiger partial charge in [-0.15, -0.1) is 11.6 Å². The van der Waals surface area contributed by atoms with Gasteiger partial charge in [0, 0.05) is 10.4 Å². The maximum absolute atomic E-state index is 11.2. The molecule has 0 saturated carbocycles. The highest BCUT2D eigenvalue weighted by Crippen LogP contribution is 2.36. The van der Waals surface area contributed by atoms with Crippen molar-refractivity contribution in [2.75, 3.05) is 5.88 Å². The van der Waals surface area contributed by atoms with Gasteiger partial charge < -0.3 is 4.74 Å². The Hall–Kier alpha value is 0.230. The smallest absolute Gasteiger partial charge is 0.312 e. The van der Waals surface area contributed by atoms with Crippen LogP contribution in [0, 0.1) is 0 Å². The molecule has 0 aromatic heterocycles. The lowest BCUT2D eigenvalue weighted by Gasteiger charge is -2.08. The summed E-state index contributed by atoms with van der Waals surface area (Å²) in [6, 6.07) is 3.39. The molecule has 0 N–H and O–H groups in total. The Morgan fingerprint density at radius 1 is 1.40 bits per heavy atom. The van der Waals surface area contributed by atoms with E-state index in [1.165, 1.54) is 0 Å². The number of esters is 1. The van der Waals surface area contributed by atoms with E-state index in [-0.39, 0.29) is 12.3 Å². The molecule has 1 rings (SSSR count). The van der Waals surface area contributed by atoms with Crippen LogP contribution in [0.2, 0.25) is 5.02 Å². The number of benzene rings is 1. The Labute approximate surface area is 114 Å². The van der Waals surface area contributed by atoms with E-state index < -0.39 is 5.97 Å². The molecule has 0 saturated heterocycles. The van der Waals surface area contributed by atoms with Gasteiger partial charge >= 0.3 is 5.97 Å². The van der Waals surface area contributed by atoms with Crippen molar-refractivity contribution in [3.05, 3.63) is 26.1 Å². The number of carbonyl (C=O) groups is 1. The molecule has 0 amide bonds. The van der Waals surface area contributed by atoms with Crippen LogP contribution in [0.25, 0.3) is 0 Å². The summed E-state index contributed by atoms with van der Waals surface area (Å²) in [7, 11) is 0. The first-order valence-electron chi connectivity index (χ1n) is 3.95. The Morgan fingerprint density at radius 3 is 2.60 bits per heavy atom. The minimum absolute atomic E-state index is 0.153. The quantitative estimate of drug-likeness (QED) is 0.444. The Kier molecular flexibility index (Phi) is 5.39. The molecule has 0 spiro atoms. The van der Waals surface area contributed by atoms with Crippen molar-refractivity contribution in [2.45, 2.75) is 6.42 Å². The van der Waals surface area contributed by atoms with Crippen molar-refractivity contribution in [1.29, 1.82) is 0 Å². The van der Waals surface area contributed by atoms with Crippen molar-refractivity contribution in [1.82, 2.24) is 0 Å². The van der Waals surface area contributed by atoms with Crippen molar-refractivity contribution < 1.29 is 9.53 Å². The summed E-state index contributed by atoms with van der Waals surface area (Å²) >= 11 is 17.8. The third kappa shape index (κ3) is 3.94. The molecule has 0 bridgehead atoms. The fraction of sp³-hybridized carbons (Fsp3) is 0.222. The topological polar surface area (TPSA) is 26.3 Å². The lowest BCUT2D eigenvalue weighted by Crippen LogP contribution is -2.08. The molecular formula is C9H6Br2Cl2O2. The summed E-state index contributed by atoms with van der Waals surface area (Å²) in [5.41, 5.74) is 0. The van der Waals surface area contributed by atoms with E-state index in [4.69, 9.17) is 27.9 Å². The number of ether oxygens (including phenoxy) is 1. The van der Waals surface area contributed by atoms with E-state index in [9.17, 15) is 4.79 Å². The van der Waals surface area contributed by atoms with Gasteiger partial charge in [-0.2, -0.15) is 0 Å². The second-order valence-corrected chi connectivity index (χ2v) is 5.17. The molecule has 1 aromatic carbocycles. The molecule has 6 heteroatoms. The molecule has 0 aliphatic rings. The average molecular weight is 377 g/mol. The number of carbonyl (C=O) groups excluding carboxylic acids is 1. The van der Waals surface area contributed by atoms with Crippen LogP contribution in [0.15, 0.2) is 21.1 Å². The van der Waals surface area contributed by atoms with Gasteiger partial charge in [0.05, 0.1) is 15.9 Å². The molecule has 15 heavy (non-hydrogen) atoms. The van der Waals surface area contributed by atoms with E-state index in [2.05, 4.69) is 31.9 Å². The maximum atomic E-state index is 11.2. The highest BCUT2D eigenvalue weighted by molar-refractivity contribution is 9.11. The standard InChI is InChI=1S/C9H6Br2Cl2O2/c10-5-3-6(11)9(7(13)4-5)15-8(14)1-2-12/h3-4H,1-2H2. The summed E-state index contributed by atoms with van der Waals surface area (Å²) in [5, 5.41) is 0.360. The van der Waals surface area contributed by atoms with Crippen molar-refractivity contribution in [2.24, 2.45) is 0 Å². The Balaban J connectivity index is 2.90. The lowest BCUT2D eigenvalue weighted by molar-refractivity contribution is -0.133. The molecule has 2 nitrogen and oxygen atoms in total. The van der Waals surface area contributed by atoms with Crippen molar-refractivity contribution in [3.63, 3.8) is 0 Å². The summed E-state index contributed by atoms with van der Waals surface area (Å²) in [5.74, 6) is 0.134. The van der Waals surface area contributed by atoms with Crippen LogP contribution >= 0.6 is 55.1 Å². The van der Waals surface area contributed by atoms with Crippen LogP contribution < -0.4 is 4.74 Å². The van der Waals surface area contributed by atoms with Crippen LogP contribution in [-0.2, 0) is 4.79 Å². The van der Waals surface area contributed by atoms with E-state index in [1.54, 1.807) is 12.1 Å². The zero-order chi connectivity index (χ0) is 11.4. The number of hydrogen-bond acceptors (Lipinski definition) is 2. The fourth-order valence-electron chi connectivity index (χ4n) is 0.868. The summed E-state index contributed by atoms with van der Waals surface area (Å²) in [6.07, 6.45) is 0.153. The number of hydrogen-bond donors (Lipinski definition) is 0. The minimum atomic E-state index is -0.407. The highest BCUT2D eigenvalue weighted by Gasteiger charge is 2.12. The van der Waals surface area contributed by atoms with Crippen LogP contribution in [0.4, 0.5) is 0 Å². The second-order valence-electron chi connectivity index (χ2n) is 2.61. The molecule has 0 atom stereocenters. The SMILES string of the molecule is O=C(CCCl)Oc1c(Cl)cc(Br)cc1Br. The predicted octanol–water partition coefficient (Wildman–Crippen LogP) is 4.40. The van der Waals surface area contributed by atoms with Crippen LogP contribution in [-0.4, -0.2) is 11.8 Å². The van der Waals surface area contributed by atoms with Crippen LogP contribution in [0.1, 0.15) is 6.42 Å².